The van der Waals surface area contributed by atoms with Gasteiger partial charge in [-0.3, -0.25) is 0 Å². The van der Waals surface area contributed by atoms with Crippen molar-refractivity contribution in [2.45, 2.75) is 62.3 Å². The molecule has 0 amide bonds. The molecule has 0 aromatic carbocycles. The molecule has 0 bridgehead atoms. The van der Waals surface area contributed by atoms with E-state index in [0.717, 1.165) is 0 Å². The second-order valence-corrected chi connectivity index (χ2v) is 0.408. The molecule has 0 aromatic rings. The lowest BCUT2D eigenvalue weighted by atomic mass is 10.8. The van der Waals surface area contributed by atoms with E-state index in [4.69, 9.17) is 0 Å². The Hall–Kier alpha value is -0.260. The van der Waals surface area contributed by atoms with Crippen molar-refractivity contribution in [3.8, 4) is 0 Å². The van der Waals surface area contributed by atoms with Gasteiger partial charge in [-0.05, 0) is 6.92 Å². The van der Waals surface area contributed by atoms with Gasteiger partial charge in [0, 0.05) is 0 Å². The normalized spacial score (nSPS) is 3.36. The van der Waals surface area contributed by atoms with Crippen LogP contribution in [-0.2, 0) is 0 Å². The predicted octanol–water partition coefficient (Wildman–Crippen LogP) is 5.30. The van der Waals surface area contributed by atoms with Crippen LogP contribution in [0.25, 0.3) is 0 Å². The lowest BCUT2D eigenvalue weighted by molar-refractivity contribution is 1.50. The van der Waals surface area contributed by atoms with Crippen molar-refractivity contribution in [1.29, 1.82) is 0 Å². The van der Waals surface area contributed by atoms with E-state index in [1.165, 1.54) is 0 Å². The van der Waals surface area contributed by atoms with Gasteiger partial charge in [0.05, 0.1) is 0 Å². The molecule has 11 heavy (non-hydrogen) atoms. The van der Waals surface area contributed by atoms with Crippen LogP contribution < -0.4 is 0 Å². The highest BCUT2D eigenvalue weighted by molar-refractivity contribution is 4.51. The Morgan fingerprint density at radius 1 is 0.636 bits per heavy atom. The van der Waals surface area contributed by atoms with Crippen molar-refractivity contribution in [1.82, 2.24) is 0 Å². The SMILES string of the molecule is C=CC.CC.CC.CC.CC. The molecule has 74 valence electrons. The van der Waals surface area contributed by atoms with Gasteiger partial charge in [-0.15, -0.1) is 6.58 Å². The highest BCUT2D eigenvalue weighted by Crippen LogP contribution is 1.38. The summed E-state index contributed by atoms with van der Waals surface area (Å²) in [6.45, 7) is 21.2. The maximum absolute atomic E-state index is 3.36. The first kappa shape index (κ1) is 30.9. The Balaban J connectivity index is -0.0000000139. The fourth-order valence-corrected chi connectivity index (χ4v) is 0. The quantitative estimate of drug-likeness (QED) is 0.424. The Morgan fingerprint density at radius 3 is 0.636 bits per heavy atom. The van der Waals surface area contributed by atoms with E-state index in [-0.39, 0.29) is 0 Å². The zero-order valence-electron chi connectivity index (χ0n) is 10.3. The third kappa shape index (κ3) is 8630. The van der Waals surface area contributed by atoms with Gasteiger partial charge in [0.2, 0.25) is 0 Å². The predicted molar refractivity (Wildman–Crippen MR) is 61.3 cm³/mol. The molecule has 0 atom stereocenters. The fraction of sp³-hybridized carbons (Fsp3) is 0.818. The van der Waals surface area contributed by atoms with Crippen LogP contribution in [0, 0.1) is 0 Å². The molecule has 0 aliphatic heterocycles. The van der Waals surface area contributed by atoms with Crippen LogP contribution in [0.4, 0.5) is 0 Å². The Morgan fingerprint density at radius 2 is 0.636 bits per heavy atom. The highest BCUT2D eigenvalue weighted by atomic mass is 13.2. The van der Waals surface area contributed by atoms with Crippen molar-refractivity contribution < 1.29 is 0 Å². The summed E-state index contributed by atoms with van der Waals surface area (Å²) in [5.41, 5.74) is 0. The van der Waals surface area contributed by atoms with Gasteiger partial charge < -0.3 is 0 Å². The average Bonchev–Trinajstić information content (AvgIpc) is 2.18. The molecule has 0 nitrogen and oxygen atoms in total. The van der Waals surface area contributed by atoms with Gasteiger partial charge in [-0.1, -0.05) is 61.5 Å². The fourth-order valence-electron chi connectivity index (χ4n) is 0. The van der Waals surface area contributed by atoms with Crippen molar-refractivity contribution in [2.75, 3.05) is 0 Å². The van der Waals surface area contributed by atoms with E-state index in [9.17, 15) is 0 Å². The molecule has 0 radical (unpaired) electrons. The summed E-state index contributed by atoms with van der Waals surface area (Å²) in [6, 6.07) is 0. The smallest absolute Gasteiger partial charge is 0.0473 e. The van der Waals surface area contributed by atoms with Crippen LogP contribution in [0.3, 0.4) is 0 Å². The van der Waals surface area contributed by atoms with Gasteiger partial charge in [0.15, 0.2) is 0 Å². The number of allylic oxidation sites excluding steroid dienone is 1. The molecule has 0 saturated carbocycles. The molecule has 0 aliphatic carbocycles. The lowest BCUT2D eigenvalue weighted by Crippen LogP contribution is -1.07. The summed E-state index contributed by atoms with van der Waals surface area (Å²) in [4.78, 5) is 0. The summed E-state index contributed by atoms with van der Waals surface area (Å²) >= 11 is 0. The Kier molecular flexibility index (Phi) is 3820. The summed E-state index contributed by atoms with van der Waals surface area (Å²) in [6.07, 6.45) is 1.75. The first-order valence-electron chi connectivity index (χ1n) is 4.99. The number of hydrogen-bond donors (Lipinski definition) is 0. The summed E-state index contributed by atoms with van der Waals surface area (Å²) in [5.74, 6) is 0. The van der Waals surface area contributed by atoms with Crippen LogP contribution in [0.15, 0.2) is 12.7 Å². The van der Waals surface area contributed by atoms with Gasteiger partial charge in [-0.25, -0.2) is 0 Å². The minimum absolute atomic E-state index is 1.75. The molecule has 0 saturated heterocycles. The zero-order chi connectivity index (χ0) is 10.7. The van der Waals surface area contributed by atoms with Gasteiger partial charge in [0.1, 0.15) is 0 Å². The molecule has 0 aliphatic rings. The highest BCUT2D eigenvalue weighted by Gasteiger charge is 1.15. The minimum Gasteiger partial charge on any atom is -0.103 e. The van der Waals surface area contributed by atoms with Crippen molar-refractivity contribution in [3.05, 3.63) is 12.7 Å². The zero-order valence-corrected chi connectivity index (χ0v) is 10.3. The maximum atomic E-state index is 3.36. The van der Waals surface area contributed by atoms with E-state index >= 15 is 0 Å². The second-order valence-electron chi connectivity index (χ2n) is 0.408. The third-order valence-electron chi connectivity index (χ3n) is 0. The van der Waals surface area contributed by atoms with Crippen LogP contribution >= 0.6 is 0 Å². The van der Waals surface area contributed by atoms with Crippen LogP contribution in [-0.4, -0.2) is 0 Å². The van der Waals surface area contributed by atoms with Gasteiger partial charge >= 0.3 is 0 Å². The van der Waals surface area contributed by atoms with Crippen LogP contribution in [0.1, 0.15) is 62.3 Å². The first-order valence-corrected chi connectivity index (χ1v) is 4.99. The van der Waals surface area contributed by atoms with E-state index in [0.29, 0.717) is 0 Å². The molecule has 0 N–H and O–H groups in total. The average molecular weight is 162 g/mol. The molecule has 0 heteroatoms. The molecule has 0 rings (SSSR count). The molecule has 0 heterocycles. The lowest BCUT2D eigenvalue weighted by Gasteiger charge is -1.31. The third-order valence-corrected chi connectivity index (χ3v) is 0. The largest absolute Gasteiger partial charge is 0.103 e. The molecular formula is C11H30. The van der Waals surface area contributed by atoms with Crippen molar-refractivity contribution in [2.24, 2.45) is 0 Å². The van der Waals surface area contributed by atoms with E-state index in [1.54, 1.807) is 6.08 Å². The molecule has 0 aromatic heterocycles. The minimum atomic E-state index is 1.75. The first-order chi connectivity index (χ1) is 5.41. The topological polar surface area (TPSA) is 0 Å². The maximum Gasteiger partial charge on any atom is -0.0473 e. The van der Waals surface area contributed by atoms with Crippen molar-refractivity contribution >= 4 is 0 Å². The summed E-state index contributed by atoms with van der Waals surface area (Å²) < 4.78 is 0. The second kappa shape index (κ2) is 1360. The Bertz CT molecular complexity index is 7.51. The monoisotopic (exact) mass is 162 g/mol. The van der Waals surface area contributed by atoms with E-state index in [2.05, 4.69) is 6.58 Å². The molecule has 0 fully saturated rings. The number of hydrogen-bond acceptors (Lipinski definition) is 0. The van der Waals surface area contributed by atoms with Gasteiger partial charge in [-0.2, -0.15) is 0 Å². The summed E-state index contributed by atoms with van der Waals surface area (Å²) in [7, 11) is 0. The van der Waals surface area contributed by atoms with Crippen LogP contribution in [0.2, 0.25) is 0 Å². The summed E-state index contributed by atoms with van der Waals surface area (Å²) in [5, 5.41) is 0. The van der Waals surface area contributed by atoms with E-state index in [1.807, 2.05) is 62.3 Å². The number of rotatable bonds is 0. The van der Waals surface area contributed by atoms with Crippen LogP contribution in [0.5, 0.6) is 0 Å². The van der Waals surface area contributed by atoms with Gasteiger partial charge in [0.25, 0.3) is 0 Å². The molecular weight excluding hydrogens is 132 g/mol. The molecule has 0 spiro atoms. The van der Waals surface area contributed by atoms with E-state index < -0.39 is 0 Å². The molecule has 0 unspecified atom stereocenters. The van der Waals surface area contributed by atoms with Crippen molar-refractivity contribution in [3.63, 3.8) is 0 Å². The Labute approximate surface area is 75.7 Å². The standard InChI is InChI=1S/C3H6.4C2H6/c1-3-2;4*1-2/h3H,1H2,2H3;4*1-2H3.